The fourth-order valence-corrected chi connectivity index (χ4v) is 5.98. The van der Waals surface area contributed by atoms with E-state index in [1.54, 1.807) is 42.5 Å². The SMILES string of the molecule is O=C(COC(=O)CC1c2ccccc2CCN1S(=O)(=O)c1ccccc1)Nc1cccc(Cl)c1Cl. The largest absolute Gasteiger partial charge is 0.456 e. The molecule has 1 atom stereocenters. The average molecular weight is 533 g/mol. The van der Waals surface area contributed by atoms with Gasteiger partial charge in [-0.15, -0.1) is 0 Å². The highest BCUT2D eigenvalue weighted by atomic mass is 35.5. The zero-order valence-corrected chi connectivity index (χ0v) is 20.8. The predicted octanol–water partition coefficient (Wildman–Crippen LogP) is 4.85. The Kier molecular flexibility index (Phi) is 7.76. The highest BCUT2D eigenvalue weighted by Crippen LogP contribution is 2.36. The quantitative estimate of drug-likeness (QED) is 0.439. The van der Waals surface area contributed by atoms with Gasteiger partial charge in [0.05, 0.1) is 33.1 Å². The molecule has 7 nitrogen and oxygen atoms in total. The van der Waals surface area contributed by atoms with Gasteiger partial charge in [-0.05, 0) is 41.8 Å². The van der Waals surface area contributed by atoms with Crippen molar-refractivity contribution in [2.75, 3.05) is 18.5 Å². The van der Waals surface area contributed by atoms with E-state index in [4.69, 9.17) is 27.9 Å². The summed E-state index contributed by atoms with van der Waals surface area (Å²) in [4.78, 5) is 25.2. The van der Waals surface area contributed by atoms with Crippen LogP contribution in [0, 0.1) is 0 Å². The fraction of sp³-hybridized carbons (Fsp3) is 0.200. The molecule has 1 amide bonds. The fourth-order valence-electron chi connectivity index (χ4n) is 4.01. The number of esters is 1. The second-order valence-corrected chi connectivity index (χ2v) is 10.6. The summed E-state index contributed by atoms with van der Waals surface area (Å²) in [6.07, 6.45) is 0.283. The number of amides is 1. The number of halogens is 2. The monoisotopic (exact) mass is 532 g/mol. The Morgan fingerprint density at radius 1 is 0.971 bits per heavy atom. The number of nitrogens with zero attached hydrogens (tertiary/aromatic N) is 1. The molecule has 0 bridgehead atoms. The van der Waals surface area contributed by atoms with E-state index in [-0.39, 0.29) is 27.9 Å². The lowest BCUT2D eigenvalue weighted by molar-refractivity contribution is -0.148. The van der Waals surface area contributed by atoms with Crippen molar-refractivity contribution in [3.05, 3.63) is 94.0 Å². The lowest BCUT2D eigenvalue weighted by atomic mass is 9.92. The number of fused-ring (bicyclic) bond motifs is 1. The number of sulfonamides is 1. The third-order valence-corrected chi connectivity index (χ3v) is 8.40. The zero-order chi connectivity index (χ0) is 25.0. The molecule has 1 N–H and O–H groups in total. The van der Waals surface area contributed by atoms with Gasteiger partial charge >= 0.3 is 5.97 Å². The van der Waals surface area contributed by atoms with Gasteiger partial charge in [-0.1, -0.05) is 71.7 Å². The van der Waals surface area contributed by atoms with Gasteiger partial charge in [-0.25, -0.2) is 8.42 Å². The number of carbonyl (C=O) groups excluding carboxylic acids is 2. The summed E-state index contributed by atoms with van der Waals surface area (Å²) in [6, 6.07) is 19.5. The summed E-state index contributed by atoms with van der Waals surface area (Å²) in [5.74, 6) is -1.30. The predicted molar refractivity (Wildman–Crippen MR) is 134 cm³/mol. The molecule has 0 fully saturated rings. The van der Waals surface area contributed by atoms with Crippen molar-refractivity contribution in [3.63, 3.8) is 0 Å². The van der Waals surface area contributed by atoms with Crippen molar-refractivity contribution in [1.82, 2.24) is 4.31 Å². The molecule has 1 aliphatic rings. The van der Waals surface area contributed by atoms with Crippen LogP contribution in [-0.2, 0) is 30.8 Å². The van der Waals surface area contributed by atoms with Crippen molar-refractivity contribution >= 4 is 50.8 Å². The van der Waals surface area contributed by atoms with Gasteiger partial charge in [-0.2, -0.15) is 4.31 Å². The van der Waals surface area contributed by atoms with Crippen LogP contribution in [0.5, 0.6) is 0 Å². The number of ether oxygens (including phenoxy) is 1. The van der Waals surface area contributed by atoms with Crippen LogP contribution in [0.3, 0.4) is 0 Å². The maximum atomic E-state index is 13.4. The Morgan fingerprint density at radius 3 is 2.46 bits per heavy atom. The van der Waals surface area contributed by atoms with Gasteiger partial charge in [0.15, 0.2) is 6.61 Å². The molecule has 0 saturated carbocycles. The number of hydrogen-bond acceptors (Lipinski definition) is 5. The van der Waals surface area contributed by atoms with Crippen LogP contribution in [0.2, 0.25) is 10.0 Å². The first-order valence-corrected chi connectivity index (χ1v) is 13.0. The van der Waals surface area contributed by atoms with Crippen LogP contribution in [0.15, 0.2) is 77.7 Å². The van der Waals surface area contributed by atoms with Gasteiger partial charge in [0.25, 0.3) is 5.91 Å². The molecule has 4 rings (SSSR count). The Hall–Kier alpha value is -2.91. The molecule has 0 radical (unpaired) electrons. The lowest BCUT2D eigenvalue weighted by Gasteiger charge is -2.36. The van der Waals surface area contributed by atoms with Crippen LogP contribution in [0.1, 0.15) is 23.6 Å². The van der Waals surface area contributed by atoms with Crippen LogP contribution in [0.4, 0.5) is 5.69 Å². The van der Waals surface area contributed by atoms with Crippen LogP contribution >= 0.6 is 23.2 Å². The van der Waals surface area contributed by atoms with Crippen molar-refractivity contribution in [2.45, 2.75) is 23.8 Å². The standard InChI is InChI=1S/C25H22Cl2N2O5S/c26-20-11-6-12-21(25(20)27)28-23(30)16-34-24(31)15-22-19-10-5-4-7-17(19)13-14-29(22)35(32,33)18-8-2-1-3-9-18/h1-12,22H,13-16H2,(H,28,30). The van der Waals surface area contributed by atoms with Crippen molar-refractivity contribution in [3.8, 4) is 0 Å². The molecule has 0 saturated heterocycles. The maximum absolute atomic E-state index is 13.4. The lowest BCUT2D eigenvalue weighted by Crippen LogP contribution is -2.41. The summed E-state index contributed by atoms with van der Waals surface area (Å²) in [7, 11) is -3.86. The minimum atomic E-state index is -3.86. The first-order chi connectivity index (χ1) is 16.8. The smallest absolute Gasteiger partial charge is 0.308 e. The second kappa shape index (κ2) is 10.8. The molecule has 1 aliphatic heterocycles. The molecular formula is C25H22Cl2N2O5S. The van der Waals surface area contributed by atoms with Gasteiger partial charge in [0.2, 0.25) is 10.0 Å². The first kappa shape index (κ1) is 25.2. The molecule has 0 aromatic heterocycles. The van der Waals surface area contributed by atoms with E-state index < -0.39 is 34.5 Å². The van der Waals surface area contributed by atoms with E-state index in [9.17, 15) is 18.0 Å². The summed E-state index contributed by atoms with van der Waals surface area (Å²) >= 11 is 12.0. The topological polar surface area (TPSA) is 92.8 Å². The zero-order valence-electron chi connectivity index (χ0n) is 18.5. The minimum absolute atomic E-state index is 0.149. The Labute approximate surface area is 213 Å². The normalized spacial score (nSPS) is 15.8. The highest BCUT2D eigenvalue weighted by Gasteiger charge is 2.37. The third kappa shape index (κ3) is 5.67. The Bertz CT molecular complexity index is 1350. The minimum Gasteiger partial charge on any atom is -0.456 e. The van der Waals surface area contributed by atoms with Gasteiger partial charge in [0.1, 0.15) is 0 Å². The molecule has 182 valence electrons. The molecule has 3 aromatic carbocycles. The molecule has 1 unspecified atom stereocenters. The van der Waals surface area contributed by atoms with Crippen LogP contribution in [0.25, 0.3) is 0 Å². The number of hydrogen-bond donors (Lipinski definition) is 1. The van der Waals surface area contributed by atoms with Gasteiger partial charge in [-0.3, -0.25) is 9.59 Å². The van der Waals surface area contributed by atoms with E-state index in [1.807, 2.05) is 18.2 Å². The van der Waals surface area contributed by atoms with E-state index in [1.165, 1.54) is 16.4 Å². The summed E-state index contributed by atoms with van der Waals surface area (Å²) in [5, 5.41) is 2.99. The average Bonchev–Trinajstić information content (AvgIpc) is 2.86. The van der Waals surface area contributed by atoms with E-state index >= 15 is 0 Å². The van der Waals surface area contributed by atoms with Crippen molar-refractivity contribution in [2.24, 2.45) is 0 Å². The number of benzene rings is 3. The van der Waals surface area contributed by atoms with E-state index in [2.05, 4.69) is 5.32 Å². The molecule has 0 spiro atoms. The van der Waals surface area contributed by atoms with Gasteiger partial charge in [0, 0.05) is 6.54 Å². The van der Waals surface area contributed by atoms with Crippen LogP contribution < -0.4 is 5.32 Å². The number of rotatable bonds is 7. The summed E-state index contributed by atoms with van der Waals surface area (Å²) in [6.45, 7) is -0.332. The third-order valence-electron chi connectivity index (χ3n) is 5.66. The molecule has 0 aliphatic carbocycles. The maximum Gasteiger partial charge on any atom is 0.308 e. The Morgan fingerprint density at radius 2 is 1.69 bits per heavy atom. The summed E-state index contributed by atoms with van der Waals surface area (Å²) < 4.78 is 33.3. The summed E-state index contributed by atoms with van der Waals surface area (Å²) in [5.41, 5.74) is 2.00. The van der Waals surface area contributed by atoms with Crippen molar-refractivity contribution < 1.29 is 22.7 Å². The molecular weight excluding hydrogens is 511 g/mol. The van der Waals surface area contributed by atoms with Crippen molar-refractivity contribution in [1.29, 1.82) is 0 Å². The van der Waals surface area contributed by atoms with E-state index in [0.717, 1.165) is 11.1 Å². The second-order valence-electron chi connectivity index (χ2n) is 7.91. The first-order valence-electron chi connectivity index (χ1n) is 10.8. The van der Waals surface area contributed by atoms with E-state index in [0.29, 0.717) is 12.1 Å². The number of nitrogens with one attached hydrogen (secondary N) is 1. The molecule has 10 heteroatoms. The van der Waals surface area contributed by atoms with Gasteiger partial charge < -0.3 is 10.1 Å². The molecule has 35 heavy (non-hydrogen) atoms. The number of carbonyl (C=O) groups is 2. The highest BCUT2D eigenvalue weighted by molar-refractivity contribution is 7.89. The Balaban J connectivity index is 1.49. The molecule has 3 aromatic rings. The molecule has 1 heterocycles. The van der Waals surface area contributed by atoms with Crippen LogP contribution in [-0.4, -0.2) is 37.8 Å². The number of anilines is 1.